The zero-order valence-corrected chi connectivity index (χ0v) is 29.2. The van der Waals surface area contributed by atoms with Gasteiger partial charge in [-0.2, -0.15) is 18.4 Å². The minimum absolute atomic E-state index is 0.0752. The molecule has 2 aromatic carbocycles. The van der Waals surface area contributed by atoms with Crippen LogP contribution in [0.25, 0.3) is 0 Å². The van der Waals surface area contributed by atoms with E-state index in [2.05, 4.69) is 37.5 Å². The Morgan fingerprint density at radius 1 is 1.06 bits per heavy atom. The second-order valence-electron chi connectivity index (χ2n) is 15.3. The van der Waals surface area contributed by atoms with E-state index in [0.29, 0.717) is 35.9 Å². The highest BCUT2D eigenvalue weighted by atomic mass is 19.4. The second-order valence-corrected chi connectivity index (χ2v) is 15.3. The van der Waals surface area contributed by atoms with E-state index in [1.807, 2.05) is 44.2 Å². The van der Waals surface area contributed by atoms with E-state index >= 15 is 0 Å². The zero-order chi connectivity index (χ0) is 35.7. The third-order valence-corrected chi connectivity index (χ3v) is 11.0. The number of rotatable bonds is 13. The molecule has 6 rings (SSSR count). The van der Waals surface area contributed by atoms with Crippen LogP contribution in [0.5, 0.6) is 0 Å². The lowest BCUT2D eigenvalue weighted by molar-refractivity contribution is -0.199. The molecule has 3 saturated carbocycles. The Kier molecular flexibility index (Phi) is 10.9. The SMILES string of the molecule is CC(C)CC(C#N)C(=O)N(C)c1cccc(C[C@@H](NCC(F)(F)F)C(=O)N[C@@H](Cc2ccccc2)B2O[C@@H]3C[C@@H]4C[C@@H](C4(C)C)[C@]3(C)O2)c1. The summed E-state index contributed by atoms with van der Waals surface area (Å²) in [5.74, 6) is -1.50. The number of hydrogen-bond acceptors (Lipinski definition) is 6. The molecule has 12 heteroatoms. The molecule has 1 heterocycles. The number of carbonyl (C=O) groups is 2. The molecule has 0 aromatic heterocycles. The van der Waals surface area contributed by atoms with E-state index in [9.17, 15) is 28.0 Å². The zero-order valence-electron chi connectivity index (χ0n) is 29.2. The predicted octanol–water partition coefficient (Wildman–Crippen LogP) is 5.89. The first-order valence-electron chi connectivity index (χ1n) is 17.3. The van der Waals surface area contributed by atoms with Crippen molar-refractivity contribution in [3.63, 3.8) is 0 Å². The molecule has 0 spiro atoms. The summed E-state index contributed by atoms with van der Waals surface area (Å²) < 4.78 is 53.7. The molecule has 3 aliphatic carbocycles. The minimum atomic E-state index is -4.55. The fourth-order valence-corrected chi connectivity index (χ4v) is 8.10. The van der Waals surface area contributed by atoms with Crippen molar-refractivity contribution in [2.24, 2.45) is 29.1 Å². The lowest BCUT2D eigenvalue weighted by atomic mass is 9.43. The third-order valence-electron chi connectivity index (χ3n) is 11.0. The molecular weight excluding hydrogens is 632 g/mol. The maximum Gasteiger partial charge on any atom is 0.482 e. The van der Waals surface area contributed by atoms with Crippen molar-refractivity contribution < 1.29 is 32.1 Å². The summed E-state index contributed by atoms with van der Waals surface area (Å²) in [5.41, 5.74) is 1.55. The van der Waals surface area contributed by atoms with Crippen LogP contribution < -0.4 is 15.5 Å². The summed E-state index contributed by atoms with van der Waals surface area (Å²) >= 11 is 0. The number of benzene rings is 2. The Balaban J connectivity index is 1.36. The molecule has 4 fully saturated rings. The first-order valence-corrected chi connectivity index (χ1v) is 17.3. The van der Waals surface area contributed by atoms with Crippen molar-refractivity contribution in [1.29, 1.82) is 5.26 Å². The van der Waals surface area contributed by atoms with Gasteiger partial charge in [-0.25, -0.2) is 0 Å². The highest BCUT2D eigenvalue weighted by Gasteiger charge is 2.68. The van der Waals surface area contributed by atoms with Crippen LogP contribution in [-0.4, -0.2) is 62.4 Å². The minimum Gasteiger partial charge on any atom is -0.404 e. The van der Waals surface area contributed by atoms with Gasteiger partial charge in [0, 0.05) is 12.7 Å². The second kappa shape index (κ2) is 14.5. The van der Waals surface area contributed by atoms with Crippen molar-refractivity contribution in [1.82, 2.24) is 10.6 Å². The highest BCUT2D eigenvalue weighted by molar-refractivity contribution is 6.48. The normalized spacial score (nSPS) is 25.8. The molecule has 1 saturated heterocycles. The lowest BCUT2D eigenvalue weighted by Gasteiger charge is -2.64. The summed E-state index contributed by atoms with van der Waals surface area (Å²) in [4.78, 5) is 28.5. The van der Waals surface area contributed by atoms with Crippen LogP contribution in [-0.2, 0) is 31.7 Å². The number of amides is 2. The van der Waals surface area contributed by atoms with Crippen molar-refractivity contribution in [2.45, 2.75) is 96.6 Å². The van der Waals surface area contributed by atoms with Crippen LogP contribution in [0.2, 0.25) is 0 Å². The number of nitrogens with one attached hydrogen (secondary N) is 2. The topological polar surface area (TPSA) is 104 Å². The molecule has 0 radical (unpaired) electrons. The number of alkyl halides is 3. The molecule has 1 aliphatic heterocycles. The Hall–Kier alpha value is -3.40. The van der Waals surface area contributed by atoms with Gasteiger partial charge in [-0.05, 0) is 85.5 Å². The maximum absolute atomic E-state index is 14.0. The molecular formula is C37H48BF3N4O4. The monoisotopic (exact) mass is 680 g/mol. The summed E-state index contributed by atoms with van der Waals surface area (Å²) in [6.45, 7) is 9.12. The van der Waals surface area contributed by atoms with Crippen LogP contribution in [0, 0.1) is 40.4 Å². The number of halogens is 3. The van der Waals surface area contributed by atoms with Crippen molar-refractivity contribution >= 4 is 24.6 Å². The van der Waals surface area contributed by atoms with Gasteiger partial charge in [0.2, 0.25) is 11.8 Å². The molecule has 8 nitrogen and oxygen atoms in total. The number of nitriles is 1. The van der Waals surface area contributed by atoms with Gasteiger partial charge in [-0.15, -0.1) is 0 Å². The Bertz CT molecular complexity index is 1530. The van der Waals surface area contributed by atoms with Gasteiger partial charge in [0.15, 0.2) is 0 Å². The summed E-state index contributed by atoms with van der Waals surface area (Å²) in [5, 5.41) is 15.0. The summed E-state index contributed by atoms with van der Waals surface area (Å²) in [7, 11) is 0.788. The van der Waals surface area contributed by atoms with E-state index < -0.39 is 49.2 Å². The number of anilines is 1. The van der Waals surface area contributed by atoms with E-state index in [4.69, 9.17) is 9.31 Å². The average molecular weight is 681 g/mol. The van der Waals surface area contributed by atoms with Crippen LogP contribution in [0.3, 0.4) is 0 Å². The fourth-order valence-electron chi connectivity index (χ4n) is 8.10. The van der Waals surface area contributed by atoms with Crippen molar-refractivity contribution in [3.05, 3.63) is 65.7 Å². The van der Waals surface area contributed by atoms with Gasteiger partial charge in [-0.3, -0.25) is 14.9 Å². The van der Waals surface area contributed by atoms with E-state index in [0.717, 1.165) is 18.4 Å². The standard InChI is InChI=1S/C37H48BF3N4O4/c1-23(2)15-26(21-42)34(47)45(6)28-14-10-13-25(16-28)17-29(43-22-37(39,40)41)33(46)44-32(18-24-11-8-7-9-12-24)38-48-31-20-27-19-30(35(27,3)4)36(31,5)49-38/h7-14,16,23,26-27,29-32,43H,15,17-20,22H2,1-6H3,(H,44,46)/t26?,27-,29+,30-,31+,32-,36-/m0/s1. The molecule has 7 atom stereocenters. The number of carbonyl (C=O) groups excluding carboxylic acids is 2. The summed E-state index contributed by atoms with van der Waals surface area (Å²) in [6, 6.07) is 17.1. The molecule has 2 amide bonds. The Morgan fingerprint density at radius 2 is 1.76 bits per heavy atom. The first kappa shape index (κ1) is 36.9. The fraction of sp³-hybridized carbons (Fsp3) is 0.595. The van der Waals surface area contributed by atoms with Crippen molar-refractivity contribution in [2.75, 3.05) is 18.5 Å². The molecule has 4 aliphatic rings. The van der Waals surface area contributed by atoms with Crippen LogP contribution >= 0.6 is 0 Å². The molecule has 264 valence electrons. The Morgan fingerprint density at radius 3 is 2.39 bits per heavy atom. The molecule has 2 aromatic rings. The quantitative estimate of drug-likeness (QED) is 0.256. The molecule has 2 N–H and O–H groups in total. The van der Waals surface area contributed by atoms with Crippen molar-refractivity contribution in [3.8, 4) is 6.07 Å². The first-order chi connectivity index (χ1) is 23.0. The van der Waals surface area contributed by atoms with E-state index in [-0.39, 0.29) is 29.8 Å². The van der Waals surface area contributed by atoms with Gasteiger partial charge in [0.1, 0.15) is 5.92 Å². The van der Waals surface area contributed by atoms with Crippen LogP contribution in [0.1, 0.15) is 65.0 Å². The summed E-state index contributed by atoms with van der Waals surface area (Å²) in [6.07, 6.45) is -2.07. The van der Waals surface area contributed by atoms with E-state index in [1.54, 1.807) is 31.3 Å². The highest BCUT2D eigenvalue weighted by Crippen LogP contribution is 2.65. The Labute approximate surface area is 288 Å². The van der Waals surface area contributed by atoms with E-state index in [1.165, 1.54) is 4.90 Å². The predicted molar refractivity (Wildman–Crippen MR) is 182 cm³/mol. The van der Waals surface area contributed by atoms with Gasteiger partial charge in [0.25, 0.3) is 0 Å². The smallest absolute Gasteiger partial charge is 0.404 e. The van der Waals surface area contributed by atoms with Crippen LogP contribution in [0.15, 0.2) is 54.6 Å². The molecule has 2 bridgehead atoms. The lowest BCUT2D eigenvalue weighted by Crippen LogP contribution is -2.65. The van der Waals surface area contributed by atoms with Gasteiger partial charge in [0.05, 0.1) is 36.3 Å². The average Bonchev–Trinajstić information content (AvgIpc) is 3.42. The largest absolute Gasteiger partial charge is 0.482 e. The van der Waals surface area contributed by atoms with Gasteiger partial charge >= 0.3 is 13.3 Å². The number of nitrogens with zero attached hydrogens (tertiary/aromatic N) is 2. The molecule has 49 heavy (non-hydrogen) atoms. The third kappa shape index (κ3) is 8.16. The van der Waals surface area contributed by atoms with Gasteiger partial charge < -0.3 is 19.5 Å². The van der Waals surface area contributed by atoms with Crippen LogP contribution in [0.4, 0.5) is 18.9 Å². The molecule has 1 unspecified atom stereocenters. The van der Waals surface area contributed by atoms with Gasteiger partial charge in [-0.1, -0.05) is 70.2 Å². The maximum atomic E-state index is 14.0. The number of hydrogen-bond donors (Lipinski definition) is 2.